The molecular formula is C45H31FO8. The Morgan fingerprint density at radius 3 is 1.20 bits per heavy atom. The van der Waals surface area contributed by atoms with Gasteiger partial charge in [-0.15, -0.1) is 0 Å². The molecule has 4 aromatic rings. The van der Waals surface area contributed by atoms with E-state index in [9.17, 15) is 19.2 Å². The zero-order valence-corrected chi connectivity index (χ0v) is 29.6. The number of hydrogen-bond acceptors (Lipinski definition) is 8. The van der Waals surface area contributed by atoms with Crippen molar-refractivity contribution in [2.75, 3.05) is 0 Å². The van der Waals surface area contributed by atoms with Crippen molar-refractivity contribution in [2.24, 2.45) is 0 Å². The minimum atomic E-state index is -0.926. The molecule has 0 fully saturated rings. The summed E-state index contributed by atoms with van der Waals surface area (Å²) < 4.78 is 37.6. The molecule has 0 spiro atoms. The van der Waals surface area contributed by atoms with E-state index >= 15 is 4.39 Å². The highest BCUT2D eigenvalue weighted by molar-refractivity contribution is 5.92. The van der Waals surface area contributed by atoms with Crippen molar-refractivity contribution in [1.29, 1.82) is 0 Å². The Bertz CT molecular complexity index is 2400. The van der Waals surface area contributed by atoms with E-state index in [1.54, 1.807) is 48.5 Å². The lowest BCUT2D eigenvalue weighted by Gasteiger charge is -2.17. The van der Waals surface area contributed by atoms with Crippen molar-refractivity contribution in [2.45, 2.75) is 20.8 Å². The molecule has 54 heavy (non-hydrogen) atoms. The zero-order valence-electron chi connectivity index (χ0n) is 29.6. The predicted molar refractivity (Wildman–Crippen MR) is 201 cm³/mol. The van der Waals surface area contributed by atoms with E-state index in [4.69, 9.17) is 18.9 Å². The molecule has 9 heteroatoms. The van der Waals surface area contributed by atoms with E-state index in [0.717, 1.165) is 12.2 Å². The van der Waals surface area contributed by atoms with Crippen molar-refractivity contribution in [3.8, 4) is 58.5 Å². The normalized spacial score (nSPS) is 9.63. The van der Waals surface area contributed by atoms with Crippen LogP contribution in [0.1, 0.15) is 52.8 Å². The van der Waals surface area contributed by atoms with Crippen LogP contribution in [0, 0.1) is 48.3 Å². The molecular weight excluding hydrogens is 687 g/mol. The van der Waals surface area contributed by atoms with Crippen molar-refractivity contribution in [3.05, 3.63) is 167 Å². The van der Waals surface area contributed by atoms with Crippen LogP contribution in [-0.4, -0.2) is 23.9 Å². The third-order valence-corrected chi connectivity index (χ3v) is 7.05. The first-order valence-corrected chi connectivity index (χ1v) is 16.0. The number of carbonyl (C=O) groups excluding carboxylic acids is 4. The van der Waals surface area contributed by atoms with E-state index in [2.05, 4.69) is 61.8 Å². The van der Waals surface area contributed by atoms with E-state index < -0.39 is 35.4 Å². The van der Waals surface area contributed by atoms with Crippen LogP contribution < -0.4 is 18.9 Å². The molecule has 0 aliphatic carbocycles. The van der Waals surface area contributed by atoms with Gasteiger partial charge in [-0.25, -0.2) is 23.6 Å². The fourth-order valence-electron chi connectivity index (χ4n) is 4.19. The van der Waals surface area contributed by atoms with Crippen molar-refractivity contribution >= 4 is 23.9 Å². The summed E-state index contributed by atoms with van der Waals surface area (Å²) in [6.45, 7) is 18.2. The maximum atomic E-state index is 16.2. The van der Waals surface area contributed by atoms with Gasteiger partial charge in [-0.2, -0.15) is 0 Å². The topological polar surface area (TPSA) is 105 Å². The summed E-state index contributed by atoms with van der Waals surface area (Å²) in [4.78, 5) is 48.6. The molecule has 0 aliphatic heterocycles. The van der Waals surface area contributed by atoms with Gasteiger partial charge in [-0.05, 0) is 93.6 Å². The summed E-state index contributed by atoms with van der Waals surface area (Å²) >= 11 is 0. The quantitative estimate of drug-likeness (QED) is 0.0800. The number of ether oxygens (including phenoxy) is 4. The Kier molecular flexibility index (Phi) is 13.0. The largest absolute Gasteiger partial charge is 0.423 e. The first-order valence-electron chi connectivity index (χ1n) is 16.0. The van der Waals surface area contributed by atoms with Crippen LogP contribution in [-0.2, 0) is 19.2 Å². The Balaban J connectivity index is 1.75. The molecule has 0 unspecified atom stereocenters. The smallest absolute Gasteiger partial charge is 0.338 e. The molecule has 0 heterocycles. The average molecular weight is 719 g/mol. The molecule has 266 valence electrons. The predicted octanol–water partition coefficient (Wildman–Crippen LogP) is 7.48. The molecule has 0 aliphatic rings. The van der Waals surface area contributed by atoms with E-state index in [1.807, 2.05) is 0 Å². The number of rotatable bonds is 8. The van der Waals surface area contributed by atoms with Crippen LogP contribution in [0.5, 0.6) is 23.0 Å². The van der Waals surface area contributed by atoms with Gasteiger partial charge in [-0.3, -0.25) is 0 Å². The number of halogens is 1. The highest BCUT2D eigenvalue weighted by Gasteiger charge is 2.27. The summed E-state index contributed by atoms with van der Waals surface area (Å²) in [6, 6.07) is 19.6. The summed E-state index contributed by atoms with van der Waals surface area (Å²) in [5, 5.41) is 0. The van der Waals surface area contributed by atoms with Crippen molar-refractivity contribution in [3.63, 3.8) is 0 Å². The van der Waals surface area contributed by atoms with Crippen molar-refractivity contribution in [1.82, 2.24) is 0 Å². The molecule has 0 bridgehead atoms. The summed E-state index contributed by atoms with van der Waals surface area (Å²) in [6.07, 6.45) is 2.09. The highest BCUT2D eigenvalue weighted by atomic mass is 19.1. The second-order valence-electron chi connectivity index (χ2n) is 11.3. The molecule has 0 amide bonds. The standard InChI is InChI=1S/C45H31FO8/c1-8-39(47)51-35-22-16-33(17-23-35)15-12-31-10-13-32(14-11-31)20-26-37-30(7)41(46)38(27-21-34-18-24-36(25-19-34)52-40(48)9-2)43(54-45(50)29(5)6)42(37)53-44(49)28(3)4/h8-11,13-14,16-19,22-25H,1-3,5H2,4,6-7H3. The minimum absolute atomic E-state index is 0.0152. The summed E-state index contributed by atoms with van der Waals surface area (Å²) in [5.74, 6) is 13.2. The lowest BCUT2D eigenvalue weighted by atomic mass is 10.00. The lowest BCUT2D eigenvalue weighted by Crippen LogP contribution is -2.16. The second kappa shape index (κ2) is 18.0. The first kappa shape index (κ1) is 39.1. The Labute approximate surface area is 312 Å². The van der Waals surface area contributed by atoms with Crippen molar-refractivity contribution < 1.29 is 42.5 Å². The number of hydrogen-bond donors (Lipinski definition) is 0. The molecule has 0 saturated heterocycles. The van der Waals surface area contributed by atoms with E-state index in [0.29, 0.717) is 28.0 Å². The molecule has 0 radical (unpaired) electrons. The number of benzene rings is 4. The molecule has 0 aromatic heterocycles. The fourth-order valence-corrected chi connectivity index (χ4v) is 4.19. The fraction of sp³-hybridized carbons (Fsp3) is 0.0667. The van der Waals surface area contributed by atoms with Gasteiger partial charge in [0.2, 0.25) is 0 Å². The minimum Gasteiger partial charge on any atom is -0.423 e. The van der Waals surface area contributed by atoms with Crippen LogP contribution in [0.15, 0.2) is 122 Å². The van der Waals surface area contributed by atoms with E-state index in [-0.39, 0.29) is 39.3 Å². The Morgan fingerprint density at radius 1 is 0.537 bits per heavy atom. The van der Waals surface area contributed by atoms with Gasteiger partial charge in [-0.1, -0.05) is 61.8 Å². The second-order valence-corrected chi connectivity index (χ2v) is 11.3. The molecule has 0 atom stereocenters. The lowest BCUT2D eigenvalue weighted by molar-refractivity contribution is -0.132. The highest BCUT2D eigenvalue weighted by Crippen LogP contribution is 2.40. The van der Waals surface area contributed by atoms with Crippen LogP contribution in [0.25, 0.3) is 0 Å². The SMILES string of the molecule is C=CC(=O)Oc1ccc(C#Cc2ccc(C#Cc3c(C)c(F)c(C#Cc4ccc(OC(=O)C=C)cc4)c(OC(=O)C(=C)C)c3OC(=O)C(=C)C)cc2)cc1. The van der Waals surface area contributed by atoms with Gasteiger partial charge in [0.05, 0.1) is 5.56 Å². The number of esters is 4. The van der Waals surface area contributed by atoms with Crippen LogP contribution in [0.2, 0.25) is 0 Å². The van der Waals surface area contributed by atoms with Crippen LogP contribution in [0.3, 0.4) is 0 Å². The van der Waals surface area contributed by atoms with Gasteiger partial charge < -0.3 is 18.9 Å². The zero-order chi connectivity index (χ0) is 39.4. The Hall–Kier alpha value is -7.67. The van der Waals surface area contributed by atoms with Gasteiger partial charge in [0.1, 0.15) is 22.9 Å². The monoisotopic (exact) mass is 718 g/mol. The molecule has 4 rings (SSSR count). The van der Waals surface area contributed by atoms with E-state index in [1.165, 1.54) is 45.0 Å². The van der Waals surface area contributed by atoms with Gasteiger partial charge >= 0.3 is 23.9 Å². The third kappa shape index (κ3) is 10.4. The van der Waals surface area contributed by atoms with Gasteiger partial charge in [0.25, 0.3) is 0 Å². The molecule has 0 N–H and O–H groups in total. The first-order chi connectivity index (χ1) is 25.8. The molecule has 8 nitrogen and oxygen atoms in total. The summed E-state index contributed by atoms with van der Waals surface area (Å²) in [7, 11) is 0. The third-order valence-electron chi connectivity index (χ3n) is 7.05. The van der Waals surface area contributed by atoms with Gasteiger partial charge in [0.15, 0.2) is 11.5 Å². The number of carbonyl (C=O) groups is 4. The Morgan fingerprint density at radius 2 is 0.852 bits per heavy atom. The molecule has 4 aromatic carbocycles. The summed E-state index contributed by atoms with van der Waals surface area (Å²) in [5.41, 5.74) is 1.78. The average Bonchev–Trinajstić information content (AvgIpc) is 3.16. The molecule has 0 saturated carbocycles. The maximum Gasteiger partial charge on any atom is 0.338 e. The van der Waals surface area contributed by atoms with Gasteiger partial charge in [0, 0.05) is 51.1 Å². The maximum absolute atomic E-state index is 16.2. The van der Waals surface area contributed by atoms with Crippen LogP contribution in [0.4, 0.5) is 4.39 Å². The van der Waals surface area contributed by atoms with Crippen LogP contribution >= 0.6 is 0 Å².